The van der Waals surface area contributed by atoms with Crippen LogP contribution in [0.25, 0.3) is 0 Å². The second-order valence-electron chi connectivity index (χ2n) is 3.09. The van der Waals surface area contributed by atoms with E-state index in [1.165, 1.54) is 12.8 Å². The van der Waals surface area contributed by atoms with Gasteiger partial charge in [-0.2, -0.15) is 4.98 Å². The molecule has 0 saturated heterocycles. The van der Waals surface area contributed by atoms with E-state index in [0.29, 0.717) is 5.95 Å². The molecule has 0 spiro atoms. The van der Waals surface area contributed by atoms with Crippen molar-refractivity contribution in [1.82, 2.24) is 15.2 Å². The van der Waals surface area contributed by atoms with Gasteiger partial charge in [0, 0.05) is 6.42 Å². The summed E-state index contributed by atoms with van der Waals surface area (Å²) in [5, 5.41) is 6.54. The summed E-state index contributed by atoms with van der Waals surface area (Å²) in [7, 11) is 0. The molecule has 5 nitrogen and oxygen atoms in total. The molecule has 5 N–H and O–H groups in total. The van der Waals surface area contributed by atoms with Crippen LogP contribution in [-0.4, -0.2) is 21.7 Å². The van der Waals surface area contributed by atoms with Crippen LogP contribution in [0.1, 0.15) is 31.5 Å². The van der Waals surface area contributed by atoms with Gasteiger partial charge in [-0.3, -0.25) is 5.10 Å². The van der Waals surface area contributed by atoms with Gasteiger partial charge < -0.3 is 11.5 Å². The lowest BCUT2D eigenvalue weighted by Crippen LogP contribution is -1.98. The van der Waals surface area contributed by atoms with Gasteiger partial charge in [0.25, 0.3) is 0 Å². The second kappa shape index (κ2) is 5.53. The first-order chi connectivity index (χ1) is 6.33. The molecule has 5 heteroatoms. The quantitative estimate of drug-likeness (QED) is 0.558. The molecular weight excluding hydrogens is 166 g/mol. The van der Waals surface area contributed by atoms with Crippen LogP contribution in [-0.2, 0) is 6.42 Å². The maximum absolute atomic E-state index is 5.38. The summed E-state index contributed by atoms with van der Waals surface area (Å²) in [6.45, 7) is 0.787. The topological polar surface area (TPSA) is 93.6 Å². The highest BCUT2D eigenvalue weighted by atomic mass is 15.3. The summed E-state index contributed by atoms with van der Waals surface area (Å²) in [5.41, 5.74) is 10.7. The molecule has 1 heterocycles. The zero-order chi connectivity index (χ0) is 9.52. The average molecular weight is 183 g/mol. The molecule has 13 heavy (non-hydrogen) atoms. The first kappa shape index (κ1) is 9.98. The minimum absolute atomic E-state index is 0.331. The predicted molar refractivity (Wildman–Crippen MR) is 52.0 cm³/mol. The first-order valence-corrected chi connectivity index (χ1v) is 4.69. The Labute approximate surface area is 77.9 Å². The molecule has 0 saturated carbocycles. The van der Waals surface area contributed by atoms with Crippen LogP contribution < -0.4 is 11.5 Å². The van der Waals surface area contributed by atoms with Crippen LogP contribution in [0.3, 0.4) is 0 Å². The van der Waals surface area contributed by atoms with Crippen LogP contribution >= 0.6 is 0 Å². The number of nitrogens with one attached hydrogen (secondary N) is 1. The van der Waals surface area contributed by atoms with E-state index in [2.05, 4.69) is 15.2 Å². The standard InChI is InChI=1S/C8H17N5/c9-6-4-2-1-3-5-7-11-8(10)13-12-7/h1-6,9H2,(H3,10,11,12,13). The maximum atomic E-state index is 5.38. The van der Waals surface area contributed by atoms with Gasteiger partial charge >= 0.3 is 0 Å². The van der Waals surface area contributed by atoms with Gasteiger partial charge in [0.1, 0.15) is 5.82 Å². The van der Waals surface area contributed by atoms with Gasteiger partial charge in [0.2, 0.25) is 5.95 Å². The fourth-order valence-electron chi connectivity index (χ4n) is 1.21. The summed E-state index contributed by atoms with van der Waals surface area (Å²) in [4.78, 5) is 4.01. The Bertz CT molecular complexity index is 232. The molecule has 0 unspecified atom stereocenters. The lowest BCUT2D eigenvalue weighted by molar-refractivity contribution is 0.636. The Morgan fingerprint density at radius 2 is 1.92 bits per heavy atom. The molecule has 0 aliphatic rings. The fourth-order valence-corrected chi connectivity index (χ4v) is 1.21. The van der Waals surface area contributed by atoms with E-state index in [4.69, 9.17) is 11.5 Å². The van der Waals surface area contributed by atoms with Gasteiger partial charge in [0.15, 0.2) is 0 Å². The summed E-state index contributed by atoms with van der Waals surface area (Å²) >= 11 is 0. The molecular formula is C8H17N5. The van der Waals surface area contributed by atoms with Gasteiger partial charge in [-0.25, -0.2) is 0 Å². The maximum Gasteiger partial charge on any atom is 0.239 e. The normalized spacial score (nSPS) is 10.5. The van der Waals surface area contributed by atoms with E-state index < -0.39 is 0 Å². The zero-order valence-corrected chi connectivity index (χ0v) is 7.79. The third-order valence-corrected chi connectivity index (χ3v) is 1.92. The molecule has 0 radical (unpaired) electrons. The third kappa shape index (κ3) is 3.89. The van der Waals surface area contributed by atoms with Crippen molar-refractivity contribution in [2.45, 2.75) is 32.1 Å². The molecule has 1 aromatic rings. The van der Waals surface area contributed by atoms with E-state index in [9.17, 15) is 0 Å². The minimum atomic E-state index is 0.331. The largest absolute Gasteiger partial charge is 0.367 e. The number of nitrogens with zero attached hydrogens (tertiary/aromatic N) is 2. The number of hydrogen-bond acceptors (Lipinski definition) is 4. The van der Waals surface area contributed by atoms with Crippen molar-refractivity contribution in [1.29, 1.82) is 0 Å². The van der Waals surface area contributed by atoms with Gasteiger partial charge in [0.05, 0.1) is 0 Å². The minimum Gasteiger partial charge on any atom is -0.367 e. The number of rotatable bonds is 6. The molecule has 0 bridgehead atoms. The number of hydrogen-bond donors (Lipinski definition) is 3. The molecule has 0 aliphatic carbocycles. The summed E-state index contributed by atoms with van der Waals surface area (Å²) in [6, 6.07) is 0. The van der Waals surface area contributed by atoms with Crippen molar-refractivity contribution in [3.63, 3.8) is 0 Å². The number of H-pyrrole nitrogens is 1. The lowest BCUT2D eigenvalue weighted by atomic mass is 10.1. The highest BCUT2D eigenvalue weighted by Gasteiger charge is 1.98. The molecule has 0 atom stereocenters. The Kier molecular flexibility index (Phi) is 4.25. The van der Waals surface area contributed by atoms with Crippen molar-refractivity contribution in [3.05, 3.63) is 5.82 Å². The van der Waals surface area contributed by atoms with Gasteiger partial charge in [-0.15, -0.1) is 5.10 Å². The Morgan fingerprint density at radius 1 is 1.15 bits per heavy atom. The zero-order valence-electron chi connectivity index (χ0n) is 7.79. The number of nitrogens with two attached hydrogens (primary N) is 2. The van der Waals surface area contributed by atoms with Crippen LogP contribution in [0, 0.1) is 0 Å². The van der Waals surface area contributed by atoms with Crippen molar-refractivity contribution < 1.29 is 0 Å². The molecule has 0 aliphatic heterocycles. The van der Waals surface area contributed by atoms with Crippen LogP contribution in [0.2, 0.25) is 0 Å². The van der Waals surface area contributed by atoms with E-state index in [1.54, 1.807) is 0 Å². The predicted octanol–water partition coefficient (Wildman–Crippen LogP) is 0.449. The number of aromatic nitrogens is 3. The summed E-state index contributed by atoms with van der Waals surface area (Å²) < 4.78 is 0. The smallest absolute Gasteiger partial charge is 0.239 e. The van der Waals surface area contributed by atoms with E-state index in [-0.39, 0.29) is 0 Å². The van der Waals surface area contributed by atoms with Crippen LogP contribution in [0.15, 0.2) is 0 Å². The highest BCUT2D eigenvalue weighted by molar-refractivity contribution is 5.12. The molecule has 1 rings (SSSR count). The van der Waals surface area contributed by atoms with Crippen molar-refractivity contribution in [2.24, 2.45) is 5.73 Å². The molecule has 0 aromatic carbocycles. The number of nitrogen functional groups attached to an aromatic ring is 1. The van der Waals surface area contributed by atoms with Gasteiger partial charge in [-0.1, -0.05) is 12.8 Å². The number of aryl methyl sites for hydroxylation is 1. The monoisotopic (exact) mass is 183 g/mol. The number of anilines is 1. The third-order valence-electron chi connectivity index (χ3n) is 1.92. The molecule has 0 amide bonds. The van der Waals surface area contributed by atoms with Crippen LogP contribution in [0.4, 0.5) is 5.95 Å². The molecule has 0 fully saturated rings. The Hall–Kier alpha value is -1.10. The van der Waals surface area contributed by atoms with E-state index in [1.807, 2.05) is 0 Å². The van der Waals surface area contributed by atoms with Gasteiger partial charge in [-0.05, 0) is 19.4 Å². The lowest BCUT2D eigenvalue weighted by Gasteiger charge is -1.96. The average Bonchev–Trinajstić information content (AvgIpc) is 2.51. The number of unbranched alkanes of at least 4 members (excludes halogenated alkanes) is 3. The first-order valence-electron chi connectivity index (χ1n) is 4.69. The fraction of sp³-hybridized carbons (Fsp3) is 0.750. The van der Waals surface area contributed by atoms with Crippen LogP contribution in [0.5, 0.6) is 0 Å². The Morgan fingerprint density at radius 3 is 2.54 bits per heavy atom. The van der Waals surface area contributed by atoms with Crippen molar-refractivity contribution >= 4 is 5.95 Å². The summed E-state index contributed by atoms with van der Waals surface area (Å²) in [5.74, 6) is 1.21. The Balaban J connectivity index is 2.06. The van der Waals surface area contributed by atoms with E-state index >= 15 is 0 Å². The highest BCUT2D eigenvalue weighted by Crippen LogP contribution is 2.04. The molecule has 74 valence electrons. The summed E-state index contributed by atoms with van der Waals surface area (Å²) in [6.07, 6.45) is 5.54. The SMILES string of the molecule is NCCCCCCc1nc(N)n[nH]1. The second-order valence-corrected chi connectivity index (χ2v) is 3.09. The van der Waals surface area contributed by atoms with Crippen molar-refractivity contribution in [2.75, 3.05) is 12.3 Å². The molecule has 1 aromatic heterocycles. The van der Waals surface area contributed by atoms with Crippen molar-refractivity contribution in [3.8, 4) is 0 Å². The number of aromatic amines is 1. The van der Waals surface area contributed by atoms with E-state index in [0.717, 1.165) is 31.6 Å².